The van der Waals surface area contributed by atoms with Gasteiger partial charge in [0.2, 0.25) is 0 Å². The summed E-state index contributed by atoms with van der Waals surface area (Å²) in [4.78, 5) is 29.5. The molecule has 4 heterocycles. The number of aromatic amines is 1. The van der Waals surface area contributed by atoms with Crippen molar-refractivity contribution < 1.29 is 9.18 Å². The van der Waals surface area contributed by atoms with Gasteiger partial charge in [0, 0.05) is 18.3 Å². The molecular formula is C21H17BrFN7O. The maximum atomic E-state index is 14.0. The van der Waals surface area contributed by atoms with Gasteiger partial charge in [-0.2, -0.15) is 10.2 Å². The summed E-state index contributed by atoms with van der Waals surface area (Å²) in [7, 11) is 0. The lowest BCUT2D eigenvalue weighted by molar-refractivity contribution is 0.0674. The summed E-state index contributed by atoms with van der Waals surface area (Å²) >= 11 is 3.22. The molecular weight excluding hydrogens is 465 g/mol. The number of H-pyrrole nitrogens is 1. The SMILES string of the molecule is Cc1ccc(-n2nccn2)c(C(=O)N2CC[C@@H]3C[C@@]32c2nc3cc(F)c(Br)cc3[nH]2)n1. The van der Waals surface area contributed by atoms with Gasteiger partial charge in [-0.05, 0) is 59.8 Å². The zero-order valence-corrected chi connectivity index (χ0v) is 18.1. The Kier molecular flexibility index (Phi) is 3.86. The van der Waals surface area contributed by atoms with Crippen LogP contribution in [0, 0.1) is 18.7 Å². The summed E-state index contributed by atoms with van der Waals surface area (Å²) in [6.07, 6.45) is 4.84. The van der Waals surface area contributed by atoms with Crippen molar-refractivity contribution in [2.75, 3.05) is 6.54 Å². The van der Waals surface area contributed by atoms with Gasteiger partial charge in [0.15, 0.2) is 5.69 Å². The van der Waals surface area contributed by atoms with E-state index in [1.54, 1.807) is 18.5 Å². The number of nitrogens with zero attached hydrogens (tertiary/aromatic N) is 6. The first-order valence-corrected chi connectivity index (χ1v) is 10.8. The molecule has 3 aromatic heterocycles. The molecule has 10 heteroatoms. The van der Waals surface area contributed by atoms with Gasteiger partial charge in [-0.25, -0.2) is 14.4 Å². The smallest absolute Gasteiger partial charge is 0.275 e. The molecule has 1 amide bonds. The Hall–Kier alpha value is -3.14. The van der Waals surface area contributed by atoms with Gasteiger partial charge in [-0.1, -0.05) is 0 Å². The number of hydrogen-bond donors (Lipinski definition) is 1. The normalized spacial score (nSPS) is 22.2. The van der Waals surface area contributed by atoms with Crippen molar-refractivity contribution in [3.8, 4) is 5.69 Å². The number of imidazole rings is 1. The van der Waals surface area contributed by atoms with Gasteiger partial charge in [0.25, 0.3) is 5.91 Å². The Morgan fingerprint density at radius 3 is 2.84 bits per heavy atom. The predicted molar refractivity (Wildman–Crippen MR) is 113 cm³/mol. The minimum absolute atomic E-state index is 0.177. The average Bonchev–Trinajstić information content (AvgIpc) is 3.16. The fraction of sp³-hybridized carbons (Fsp3) is 0.286. The summed E-state index contributed by atoms with van der Waals surface area (Å²) < 4.78 is 14.4. The van der Waals surface area contributed by atoms with Crippen molar-refractivity contribution in [3.05, 3.63) is 64.2 Å². The summed E-state index contributed by atoms with van der Waals surface area (Å²) in [6, 6.07) is 6.73. The molecule has 156 valence electrons. The van der Waals surface area contributed by atoms with E-state index in [1.807, 2.05) is 24.0 Å². The molecule has 1 aromatic carbocycles. The molecule has 1 aliphatic carbocycles. The van der Waals surface area contributed by atoms with E-state index in [0.717, 1.165) is 24.1 Å². The number of fused-ring (bicyclic) bond motifs is 2. The number of likely N-dealkylation sites (tertiary alicyclic amines) is 1. The van der Waals surface area contributed by atoms with Gasteiger partial charge in [0.05, 0.1) is 27.9 Å². The Morgan fingerprint density at radius 1 is 1.26 bits per heavy atom. The van der Waals surface area contributed by atoms with Crippen LogP contribution in [0.25, 0.3) is 16.7 Å². The summed E-state index contributed by atoms with van der Waals surface area (Å²) in [6.45, 7) is 2.46. The average molecular weight is 482 g/mol. The van der Waals surface area contributed by atoms with Crippen LogP contribution in [0.4, 0.5) is 4.39 Å². The van der Waals surface area contributed by atoms with Crippen LogP contribution in [0.5, 0.6) is 0 Å². The van der Waals surface area contributed by atoms with Gasteiger partial charge in [-0.3, -0.25) is 4.79 Å². The van der Waals surface area contributed by atoms with Crippen molar-refractivity contribution >= 4 is 32.9 Å². The number of benzene rings is 1. The zero-order chi connectivity index (χ0) is 21.3. The Bertz CT molecular complexity index is 1310. The maximum absolute atomic E-state index is 14.0. The number of pyridine rings is 1. The van der Waals surface area contributed by atoms with E-state index in [9.17, 15) is 9.18 Å². The second kappa shape index (κ2) is 6.43. The van der Waals surface area contributed by atoms with Gasteiger partial charge >= 0.3 is 0 Å². The standard InChI is InChI=1S/C21H17BrFN7O/c1-11-2-3-17(30-24-5-6-25-30)18(26-11)19(31)29-7-4-12-10-21(12,29)20-27-15-8-13(22)14(23)9-16(15)28-20/h2-3,5-6,8-9,12H,4,7,10H2,1H3,(H,27,28)/t12-,21+/m1/s1. The molecule has 0 bridgehead atoms. The van der Waals surface area contributed by atoms with E-state index < -0.39 is 5.54 Å². The number of carbonyl (C=O) groups is 1. The maximum Gasteiger partial charge on any atom is 0.275 e. The van der Waals surface area contributed by atoms with Crippen LogP contribution >= 0.6 is 15.9 Å². The minimum atomic E-state index is -0.515. The Morgan fingerprint density at radius 2 is 2.06 bits per heavy atom. The first-order chi connectivity index (χ1) is 15.0. The third-order valence-electron chi connectivity index (χ3n) is 6.28. The lowest BCUT2D eigenvalue weighted by Gasteiger charge is -2.27. The van der Waals surface area contributed by atoms with Crippen LogP contribution in [0.1, 0.15) is 34.8 Å². The van der Waals surface area contributed by atoms with E-state index in [-0.39, 0.29) is 11.7 Å². The Labute approximate surface area is 184 Å². The Balaban J connectivity index is 1.44. The van der Waals surface area contributed by atoms with Crippen LogP contribution in [0.15, 0.2) is 41.1 Å². The van der Waals surface area contributed by atoms with Crippen molar-refractivity contribution in [1.29, 1.82) is 0 Å². The number of nitrogens with one attached hydrogen (secondary N) is 1. The first-order valence-electron chi connectivity index (χ1n) is 9.99. The fourth-order valence-corrected chi connectivity index (χ4v) is 5.06. The van der Waals surface area contributed by atoms with Crippen LogP contribution in [-0.4, -0.2) is 47.3 Å². The topological polar surface area (TPSA) is 92.6 Å². The number of halogens is 2. The number of aryl methyl sites for hydroxylation is 1. The molecule has 0 unspecified atom stereocenters. The molecule has 1 aliphatic heterocycles. The van der Waals surface area contributed by atoms with E-state index in [1.165, 1.54) is 10.9 Å². The molecule has 1 saturated carbocycles. The van der Waals surface area contributed by atoms with Crippen molar-refractivity contribution in [1.82, 2.24) is 34.8 Å². The van der Waals surface area contributed by atoms with Crippen molar-refractivity contribution in [3.63, 3.8) is 0 Å². The molecule has 2 fully saturated rings. The second-order valence-corrected chi connectivity index (χ2v) is 8.93. The lowest BCUT2D eigenvalue weighted by Crippen LogP contribution is -2.40. The highest BCUT2D eigenvalue weighted by molar-refractivity contribution is 9.10. The first kappa shape index (κ1) is 18.6. The number of hydrogen-bond acceptors (Lipinski definition) is 5. The third kappa shape index (κ3) is 2.67. The number of rotatable bonds is 3. The molecule has 4 aromatic rings. The largest absolute Gasteiger partial charge is 0.340 e. The number of carbonyl (C=O) groups excluding carboxylic acids is 1. The molecule has 1 N–H and O–H groups in total. The van der Waals surface area contributed by atoms with Gasteiger partial charge in [0.1, 0.15) is 22.9 Å². The van der Waals surface area contributed by atoms with Crippen molar-refractivity contribution in [2.24, 2.45) is 5.92 Å². The van der Waals surface area contributed by atoms with Crippen LogP contribution < -0.4 is 0 Å². The number of piperidine rings is 1. The van der Waals surface area contributed by atoms with Crippen LogP contribution in [0.2, 0.25) is 0 Å². The minimum Gasteiger partial charge on any atom is -0.340 e. The molecule has 2 atom stereocenters. The predicted octanol–water partition coefficient (Wildman–Crippen LogP) is 3.51. The van der Waals surface area contributed by atoms with E-state index in [4.69, 9.17) is 0 Å². The molecule has 31 heavy (non-hydrogen) atoms. The highest BCUT2D eigenvalue weighted by Crippen LogP contribution is 2.62. The van der Waals surface area contributed by atoms with Crippen LogP contribution in [0.3, 0.4) is 0 Å². The lowest BCUT2D eigenvalue weighted by atomic mass is 10.1. The van der Waals surface area contributed by atoms with Crippen LogP contribution in [-0.2, 0) is 5.54 Å². The molecule has 0 radical (unpaired) electrons. The monoisotopic (exact) mass is 481 g/mol. The van der Waals surface area contributed by atoms with Gasteiger partial charge < -0.3 is 9.88 Å². The molecule has 8 nitrogen and oxygen atoms in total. The number of amides is 1. The molecule has 2 aliphatic rings. The quantitative estimate of drug-likeness (QED) is 0.483. The summed E-state index contributed by atoms with van der Waals surface area (Å²) in [5.74, 6) is 0.475. The van der Waals surface area contributed by atoms with Gasteiger partial charge in [-0.15, -0.1) is 4.80 Å². The van der Waals surface area contributed by atoms with E-state index in [2.05, 4.69) is 41.1 Å². The van der Waals surface area contributed by atoms with E-state index >= 15 is 0 Å². The molecule has 1 saturated heterocycles. The third-order valence-corrected chi connectivity index (χ3v) is 6.89. The van der Waals surface area contributed by atoms with Crippen molar-refractivity contribution in [2.45, 2.75) is 25.3 Å². The number of aromatic nitrogens is 6. The van der Waals surface area contributed by atoms with E-state index in [0.29, 0.717) is 39.7 Å². The second-order valence-electron chi connectivity index (χ2n) is 8.08. The summed E-state index contributed by atoms with van der Waals surface area (Å²) in [5, 5.41) is 8.34. The zero-order valence-electron chi connectivity index (χ0n) is 16.5. The highest BCUT2D eigenvalue weighted by Gasteiger charge is 2.66. The highest BCUT2D eigenvalue weighted by atomic mass is 79.9. The molecule has 0 spiro atoms. The molecule has 6 rings (SSSR count). The fourth-order valence-electron chi connectivity index (χ4n) is 4.72. The summed E-state index contributed by atoms with van der Waals surface area (Å²) in [5.41, 5.74) is 2.36.